The van der Waals surface area contributed by atoms with E-state index < -0.39 is 0 Å². The Hall–Kier alpha value is -0.520. The van der Waals surface area contributed by atoms with Crippen molar-refractivity contribution in [2.24, 2.45) is 11.7 Å². The first-order valence-corrected chi connectivity index (χ1v) is 2.81. The lowest BCUT2D eigenvalue weighted by Crippen LogP contribution is -2.06. The molecule has 0 saturated heterocycles. The Morgan fingerprint density at radius 1 is 1.75 bits per heavy atom. The van der Waals surface area contributed by atoms with Gasteiger partial charge in [0.2, 0.25) is 0 Å². The van der Waals surface area contributed by atoms with Gasteiger partial charge in [-0.25, -0.2) is 0 Å². The zero-order chi connectivity index (χ0) is 6.57. The fourth-order valence-electron chi connectivity index (χ4n) is 0.512. The molecular weight excluding hydrogens is 98.1 g/mol. The summed E-state index contributed by atoms with van der Waals surface area (Å²) in [4.78, 5) is 0. The summed E-state index contributed by atoms with van der Waals surface area (Å²) in [6, 6.07) is 0. The van der Waals surface area contributed by atoms with Gasteiger partial charge in [-0.2, -0.15) is 0 Å². The van der Waals surface area contributed by atoms with Crippen molar-refractivity contribution in [3.8, 4) is 0 Å². The van der Waals surface area contributed by atoms with Gasteiger partial charge < -0.3 is 5.73 Å². The first-order valence-electron chi connectivity index (χ1n) is 2.81. The van der Waals surface area contributed by atoms with Crippen LogP contribution in [0.3, 0.4) is 0 Å². The van der Waals surface area contributed by atoms with Gasteiger partial charge >= 0.3 is 0 Å². The van der Waals surface area contributed by atoms with E-state index in [4.69, 9.17) is 5.73 Å². The lowest BCUT2D eigenvalue weighted by atomic mass is 10.1. The van der Waals surface area contributed by atoms with E-state index in [1.807, 2.05) is 0 Å². The van der Waals surface area contributed by atoms with Crippen LogP contribution >= 0.6 is 0 Å². The minimum Gasteiger partial charge on any atom is -0.326 e. The van der Waals surface area contributed by atoms with Gasteiger partial charge in [-0.3, -0.25) is 0 Å². The van der Waals surface area contributed by atoms with E-state index >= 15 is 0 Å². The second-order valence-corrected chi connectivity index (χ2v) is 2.06. The first kappa shape index (κ1) is 7.48. The van der Waals surface area contributed by atoms with Crippen molar-refractivity contribution in [2.75, 3.05) is 6.54 Å². The summed E-state index contributed by atoms with van der Waals surface area (Å²) in [5.41, 5.74) is 9.24. The van der Waals surface area contributed by atoms with Crippen molar-refractivity contribution in [1.82, 2.24) is 0 Å². The van der Waals surface area contributed by atoms with E-state index in [2.05, 4.69) is 26.2 Å². The zero-order valence-electron chi connectivity index (χ0n) is 5.57. The summed E-state index contributed by atoms with van der Waals surface area (Å²) < 4.78 is 0. The van der Waals surface area contributed by atoms with Gasteiger partial charge in [0.05, 0.1) is 0 Å². The van der Waals surface area contributed by atoms with Crippen molar-refractivity contribution in [3.05, 3.63) is 17.9 Å². The number of rotatable bonds is 2. The van der Waals surface area contributed by atoms with Crippen molar-refractivity contribution in [2.45, 2.75) is 13.8 Å². The Labute approximate surface area is 50.9 Å². The van der Waals surface area contributed by atoms with Gasteiger partial charge in [-0.15, -0.1) is 5.73 Å². The molecular formula is C7H13N. The molecule has 0 atom stereocenters. The normalized spacial score (nSPS) is 9.00. The molecule has 0 aromatic rings. The molecule has 0 heterocycles. The Morgan fingerprint density at radius 3 is 2.25 bits per heavy atom. The van der Waals surface area contributed by atoms with Crippen LogP contribution in [0.4, 0.5) is 0 Å². The SMILES string of the molecule is C=C=C(CN)C(C)C. The van der Waals surface area contributed by atoms with E-state index in [0.29, 0.717) is 12.5 Å². The molecule has 0 rings (SSSR count). The van der Waals surface area contributed by atoms with E-state index in [1.165, 1.54) is 0 Å². The molecule has 2 N–H and O–H groups in total. The maximum atomic E-state index is 5.34. The average Bonchev–Trinajstić information content (AvgIpc) is 1.69. The molecule has 0 radical (unpaired) electrons. The van der Waals surface area contributed by atoms with Gasteiger partial charge in [-0.1, -0.05) is 20.4 Å². The van der Waals surface area contributed by atoms with Crippen LogP contribution in [-0.2, 0) is 0 Å². The van der Waals surface area contributed by atoms with Gasteiger partial charge in [0, 0.05) is 6.54 Å². The van der Waals surface area contributed by atoms with Crippen LogP contribution in [0, 0.1) is 5.92 Å². The molecule has 0 aromatic carbocycles. The number of hydrogen-bond acceptors (Lipinski definition) is 1. The molecule has 0 aliphatic rings. The number of hydrogen-bond donors (Lipinski definition) is 1. The summed E-state index contributed by atoms with van der Waals surface area (Å²) in [5.74, 6) is 0.498. The fraction of sp³-hybridized carbons (Fsp3) is 0.571. The molecule has 0 amide bonds. The van der Waals surface area contributed by atoms with Gasteiger partial charge in [0.15, 0.2) is 0 Å². The van der Waals surface area contributed by atoms with Crippen LogP contribution in [0.25, 0.3) is 0 Å². The van der Waals surface area contributed by atoms with E-state index in [9.17, 15) is 0 Å². The van der Waals surface area contributed by atoms with E-state index in [0.717, 1.165) is 5.57 Å². The minimum absolute atomic E-state index is 0.498. The molecule has 0 aliphatic heterocycles. The summed E-state index contributed by atoms with van der Waals surface area (Å²) in [6.07, 6.45) is 0. The maximum Gasteiger partial charge on any atom is 0.0215 e. The Balaban J connectivity index is 3.92. The summed E-state index contributed by atoms with van der Waals surface area (Å²) in [5, 5.41) is 0. The minimum atomic E-state index is 0.498. The predicted octanol–water partition coefficient (Wildman–Crippen LogP) is 1.31. The molecule has 0 aromatic heterocycles. The van der Waals surface area contributed by atoms with E-state index in [-0.39, 0.29) is 0 Å². The molecule has 0 aliphatic carbocycles. The second kappa shape index (κ2) is 3.48. The third-order valence-corrected chi connectivity index (χ3v) is 1.14. The monoisotopic (exact) mass is 111 g/mol. The Morgan fingerprint density at radius 2 is 2.25 bits per heavy atom. The smallest absolute Gasteiger partial charge is 0.0215 e. The predicted molar refractivity (Wildman–Crippen MR) is 36.5 cm³/mol. The molecule has 46 valence electrons. The fourth-order valence-corrected chi connectivity index (χ4v) is 0.512. The molecule has 1 heteroatoms. The molecule has 0 unspecified atom stereocenters. The van der Waals surface area contributed by atoms with Crippen molar-refractivity contribution in [1.29, 1.82) is 0 Å². The summed E-state index contributed by atoms with van der Waals surface area (Å²) in [7, 11) is 0. The van der Waals surface area contributed by atoms with Crippen LogP contribution in [0.2, 0.25) is 0 Å². The molecule has 8 heavy (non-hydrogen) atoms. The topological polar surface area (TPSA) is 26.0 Å². The first-order chi connectivity index (χ1) is 3.72. The number of nitrogens with two attached hydrogens (primary N) is 1. The average molecular weight is 111 g/mol. The Kier molecular flexibility index (Phi) is 3.25. The lowest BCUT2D eigenvalue weighted by molar-refractivity contribution is 0.748. The third kappa shape index (κ3) is 1.97. The van der Waals surface area contributed by atoms with Crippen LogP contribution in [-0.4, -0.2) is 6.54 Å². The van der Waals surface area contributed by atoms with E-state index in [1.54, 1.807) is 0 Å². The maximum absolute atomic E-state index is 5.34. The van der Waals surface area contributed by atoms with Crippen LogP contribution < -0.4 is 5.73 Å². The second-order valence-electron chi connectivity index (χ2n) is 2.06. The van der Waals surface area contributed by atoms with Crippen molar-refractivity contribution >= 4 is 0 Å². The van der Waals surface area contributed by atoms with Crippen LogP contribution in [0.15, 0.2) is 17.9 Å². The lowest BCUT2D eigenvalue weighted by Gasteiger charge is -2.02. The quantitative estimate of drug-likeness (QED) is 0.534. The zero-order valence-corrected chi connectivity index (χ0v) is 5.57. The molecule has 1 nitrogen and oxygen atoms in total. The van der Waals surface area contributed by atoms with Gasteiger partial charge in [0.1, 0.15) is 0 Å². The van der Waals surface area contributed by atoms with Crippen LogP contribution in [0.5, 0.6) is 0 Å². The highest BCUT2D eigenvalue weighted by atomic mass is 14.5. The molecule has 0 saturated carbocycles. The molecule has 0 bridgehead atoms. The highest BCUT2D eigenvalue weighted by Gasteiger charge is 1.96. The highest BCUT2D eigenvalue weighted by Crippen LogP contribution is 2.03. The standard InChI is InChI=1S/C7H13N/c1-4-7(5-8)6(2)3/h6H,1,5,8H2,2-3H3. The van der Waals surface area contributed by atoms with Crippen LogP contribution in [0.1, 0.15) is 13.8 Å². The van der Waals surface area contributed by atoms with Gasteiger partial charge in [0.25, 0.3) is 0 Å². The highest BCUT2D eigenvalue weighted by molar-refractivity contribution is 5.02. The Bertz CT molecular complexity index is 108. The summed E-state index contributed by atoms with van der Waals surface area (Å²) >= 11 is 0. The van der Waals surface area contributed by atoms with Gasteiger partial charge in [-0.05, 0) is 11.5 Å². The third-order valence-electron chi connectivity index (χ3n) is 1.14. The van der Waals surface area contributed by atoms with Crippen molar-refractivity contribution in [3.63, 3.8) is 0 Å². The largest absolute Gasteiger partial charge is 0.326 e. The molecule has 0 fully saturated rings. The summed E-state index contributed by atoms with van der Waals surface area (Å²) in [6.45, 7) is 8.26. The van der Waals surface area contributed by atoms with Crippen molar-refractivity contribution < 1.29 is 0 Å². The molecule has 0 spiro atoms.